The van der Waals surface area contributed by atoms with Crippen LogP contribution in [0, 0.1) is 5.41 Å². The average molecular weight is 342 g/mol. The van der Waals surface area contributed by atoms with Crippen molar-refractivity contribution in [2.24, 2.45) is 7.05 Å². The Kier molecular flexibility index (Phi) is 4.09. The second kappa shape index (κ2) is 6.21. The minimum atomic E-state index is 0.360. The van der Waals surface area contributed by atoms with Crippen LogP contribution in [0.5, 0.6) is 0 Å². The molecule has 7 nitrogen and oxygen atoms in total. The number of hydrogen-bond donors (Lipinski definition) is 4. The fraction of sp³-hybridized carbons (Fsp3) is 0.0625. The third-order valence-electron chi connectivity index (χ3n) is 3.51. The second-order valence-corrected chi connectivity index (χ2v) is 5.59. The van der Waals surface area contributed by atoms with Gasteiger partial charge in [-0.25, -0.2) is 4.68 Å². The number of aryl methyl sites for hydroxylation is 1. The Morgan fingerprint density at radius 2 is 2.04 bits per heavy atom. The molecule has 24 heavy (non-hydrogen) atoms. The Labute approximate surface area is 143 Å². The van der Waals surface area contributed by atoms with E-state index in [0.29, 0.717) is 39.4 Å². The highest BCUT2D eigenvalue weighted by Crippen LogP contribution is 2.31. The van der Waals surface area contributed by atoms with Gasteiger partial charge in [0, 0.05) is 35.8 Å². The number of benzene rings is 2. The Bertz CT molecular complexity index is 917. The number of hydrogen-bond acceptors (Lipinski definition) is 6. The van der Waals surface area contributed by atoms with Crippen molar-refractivity contribution in [2.45, 2.75) is 0 Å². The number of anilines is 4. The van der Waals surface area contributed by atoms with Gasteiger partial charge in [0.1, 0.15) is 0 Å². The number of nitrogens with one attached hydrogen (secondary N) is 2. The lowest BCUT2D eigenvalue weighted by Gasteiger charge is -2.10. The molecule has 2 aromatic carbocycles. The molecule has 0 atom stereocenters. The summed E-state index contributed by atoms with van der Waals surface area (Å²) < 4.78 is 1.61. The van der Waals surface area contributed by atoms with E-state index < -0.39 is 0 Å². The summed E-state index contributed by atoms with van der Waals surface area (Å²) in [6.07, 6.45) is 1.12. The van der Waals surface area contributed by atoms with E-state index in [4.69, 9.17) is 28.5 Å². The van der Waals surface area contributed by atoms with Gasteiger partial charge >= 0.3 is 0 Å². The van der Waals surface area contributed by atoms with Gasteiger partial charge in [0.15, 0.2) is 5.82 Å². The lowest BCUT2D eigenvalue weighted by molar-refractivity contribution is 0.778. The summed E-state index contributed by atoms with van der Waals surface area (Å²) in [5, 5.41) is 15.3. The summed E-state index contributed by atoms with van der Waals surface area (Å²) in [6, 6.07) is 10.8. The highest BCUT2D eigenvalue weighted by Gasteiger charge is 2.13. The zero-order valence-corrected chi connectivity index (χ0v) is 13.7. The molecule has 3 rings (SSSR count). The molecular weight excluding hydrogens is 326 g/mol. The Hall–Kier alpha value is -3.06. The van der Waals surface area contributed by atoms with E-state index in [-0.39, 0.29) is 0 Å². The van der Waals surface area contributed by atoms with Crippen LogP contribution < -0.4 is 16.8 Å². The maximum Gasteiger partial charge on any atom is 0.225 e. The molecule has 3 aromatic rings. The van der Waals surface area contributed by atoms with Crippen LogP contribution in [0.25, 0.3) is 11.4 Å². The minimum absolute atomic E-state index is 0.360. The smallest absolute Gasteiger partial charge is 0.225 e. The van der Waals surface area contributed by atoms with Crippen LogP contribution in [0.3, 0.4) is 0 Å². The molecule has 122 valence electrons. The number of aromatic nitrogens is 3. The van der Waals surface area contributed by atoms with Gasteiger partial charge in [0.05, 0.1) is 10.7 Å². The number of nitrogens with two attached hydrogens (primary N) is 2. The number of nitrogens with zero attached hydrogens (tertiary/aromatic N) is 3. The quantitative estimate of drug-likeness (QED) is 0.429. The number of nitrogen functional groups attached to an aromatic ring is 2. The van der Waals surface area contributed by atoms with E-state index in [1.54, 1.807) is 29.9 Å². The fourth-order valence-corrected chi connectivity index (χ4v) is 2.54. The van der Waals surface area contributed by atoms with Crippen LogP contribution in [0.1, 0.15) is 5.56 Å². The molecule has 1 aromatic heterocycles. The maximum atomic E-state index is 7.42. The van der Waals surface area contributed by atoms with Crippen molar-refractivity contribution in [1.29, 1.82) is 5.41 Å². The highest BCUT2D eigenvalue weighted by molar-refractivity contribution is 6.36. The Morgan fingerprint density at radius 3 is 2.75 bits per heavy atom. The van der Waals surface area contributed by atoms with Crippen molar-refractivity contribution >= 4 is 40.8 Å². The van der Waals surface area contributed by atoms with Gasteiger partial charge in [0.2, 0.25) is 5.95 Å². The predicted molar refractivity (Wildman–Crippen MR) is 97.9 cm³/mol. The fourth-order valence-electron chi connectivity index (χ4n) is 2.26. The van der Waals surface area contributed by atoms with E-state index in [0.717, 1.165) is 11.8 Å². The van der Waals surface area contributed by atoms with Crippen molar-refractivity contribution in [3.05, 3.63) is 47.0 Å². The van der Waals surface area contributed by atoms with E-state index in [9.17, 15) is 0 Å². The third-order valence-corrected chi connectivity index (χ3v) is 3.92. The van der Waals surface area contributed by atoms with E-state index in [1.807, 2.05) is 18.2 Å². The van der Waals surface area contributed by atoms with Crippen LogP contribution in [0.4, 0.5) is 23.0 Å². The molecular formula is C16H16ClN7. The zero-order chi connectivity index (χ0) is 17.3. The maximum absolute atomic E-state index is 7.42. The molecule has 0 spiro atoms. The molecule has 8 heteroatoms. The molecule has 0 amide bonds. The Morgan fingerprint density at radius 1 is 1.25 bits per heavy atom. The third kappa shape index (κ3) is 2.89. The summed E-state index contributed by atoms with van der Waals surface area (Å²) in [5.74, 6) is 1.06. The molecule has 0 bridgehead atoms. The van der Waals surface area contributed by atoms with Crippen LogP contribution in [-0.4, -0.2) is 21.0 Å². The normalized spacial score (nSPS) is 10.6. The SMILES string of the molecule is Cn1nc(-c2cccc(N)c2)nc1Nc1ccc(N)c(C=N)c1Cl. The van der Waals surface area contributed by atoms with Gasteiger partial charge in [-0.05, 0) is 24.3 Å². The zero-order valence-electron chi connectivity index (χ0n) is 12.9. The molecule has 0 unspecified atom stereocenters. The molecule has 0 aliphatic carbocycles. The molecule has 0 saturated heterocycles. The molecule has 0 radical (unpaired) electrons. The van der Waals surface area contributed by atoms with Crippen LogP contribution >= 0.6 is 11.6 Å². The average Bonchev–Trinajstić information content (AvgIpc) is 2.92. The minimum Gasteiger partial charge on any atom is -0.399 e. The molecule has 1 heterocycles. The summed E-state index contributed by atoms with van der Waals surface area (Å²) in [7, 11) is 1.77. The van der Waals surface area contributed by atoms with Gasteiger partial charge in [-0.2, -0.15) is 4.98 Å². The van der Waals surface area contributed by atoms with Crippen molar-refractivity contribution in [3.63, 3.8) is 0 Å². The Balaban J connectivity index is 1.96. The largest absolute Gasteiger partial charge is 0.399 e. The predicted octanol–water partition coefficient (Wildman–Crippen LogP) is 3.04. The summed E-state index contributed by atoms with van der Waals surface area (Å²) in [4.78, 5) is 4.47. The lowest BCUT2D eigenvalue weighted by Crippen LogP contribution is -2.03. The van der Waals surface area contributed by atoms with Crippen molar-refractivity contribution in [2.75, 3.05) is 16.8 Å². The second-order valence-electron chi connectivity index (χ2n) is 5.21. The van der Waals surface area contributed by atoms with Gasteiger partial charge in [-0.3, -0.25) is 0 Å². The van der Waals surface area contributed by atoms with Crippen LogP contribution in [0.15, 0.2) is 36.4 Å². The van der Waals surface area contributed by atoms with E-state index in [2.05, 4.69) is 15.4 Å². The monoisotopic (exact) mass is 341 g/mol. The van der Waals surface area contributed by atoms with Crippen LogP contribution in [0.2, 0.25) is 5.02 Å². The topological polar surface area (TPSA) is 119 Å². The number of rotatable bonds is 4. The first-order valence-electron chi connectivity index (χ1n) is 7.12. The first kappa shape index (κ1) is 15.8. The summed E-state index contributed by atoms with van der Waals surface area (Å²) >= 11 is 6.29. The molecule has 0 fully saturated rings. The van der Waals surface area contributed by atoms with Crippen molar-refractivity contribution in [3.8, 4) is 11.4 Å². The molecule has 0 saturated carbocycles. The first-order chi connectivity index (χ1) is 11.5. The van der Waals surface area contributed by atoms with Crippen LogP contribution in [-0.2, 0) is 7.05 Å². The van der Waals surface area contributed by atoms with Crippen molar-refractivity contribution in [1.82, 2.24) is 14.8 Å². The highest BCUT2D eigenvalue weighted by atomic mass is 35.5. The first-order valence-corrected chi connectivity index (χ1v) is 7.50. The molecule has 0 aliphatic rings. The van der Waals surface area contributed by atoms with Gasteiger partial charge in [0.25, 0.3) is 0 Å². The van der Waals surface area contributed by atoms with Crippen molar-refractivity contribution < 1.29 is 0 Å². The summed E-state index contributed by atoms with van der Waals surface area (Å²) in [5.41, 5.74) is 14.6. The van der Waals surface area contributed by atoms with E-state index >= 15 is 0 Å². The molecule has 0 aliphatic heterocycles. The van der Waals surface area contributed by atoms with Gasteiger partial charge in [-0.1, -0.05) is 23.7 Å². The summed E-state index contributed by atoms with van der Waals surface area (Å²) in [6.45, 7) is 0. The lowest BCUT2D eigenvalue weighted by atomic mass is 10.1. The van der Waals surface area contributed by atoms with E-state index in [1.165, 1.54) is 0 Å². The van der Waals surface area contributed by atoms with Gasteiger partial charge < -0.3 is 22.2 Å². The van der Waals surface area contributed by atoms with Gasteiger partial charge in [-0.15, -0.1) is 5.10 Å². The standard InChI is InChI=1S/C16H16ClN7/c1-24-16(21-13-6-5-12(20)11(8-18)14(13)17)22-15(23-24)9-3-2-4-10(19)7-9/h2-8,18H,19-20H2,1H3,(H,21,22,23). The number of halogens is 1. The molecule has 6 N–H and O–H groups in total.